The van der Waals surface area contributed by atoms with Gasteiger partial charge in [0, 0.05) is 9.75 Å². The fourth-order valence-corrected chi connectivity index (χ4v) is 5.30. The van der Waals surface area contributed by atoms with E-state index in [4.69, 9.17) is 23.2 Å². The molecule has 1 nitrogen and oxygen atoms in total. The highest BCUT2D eigenvalue weighted by atomic mass is 35.5. The summed E-state index contributed by atoms with van der Waals surface area (Å²) >= 11 is 15.7. The standard InChI is InChI=1S/C7H4Cl2OS3/c8-1-3-5-6(4(2-9)11-3)13-7(10)12-5/h1-2H2. The van der Waals surface area contributed by atoms with Crippen LogP contribution in [0.15, 0.2) is 4.79 Å². The van der Waals surface area contributed by atoms with Gasteiger partial charge in [0.05, 0.1) is 21.2 Å². The summed E-state index contributed by atoms with van der Waals surface area (Å²) in [6.07, 6.45) is 0. The Morgan fingerprint density at radius 3 is 1.77 bits per heavy atom. The van der Waals surface area contributed by atoms with Crippen molar-refractivity contribution in [2.45, 2.75) is 11.8 Å². The zero-order valence-corrected chi connectivity index (χ0v) is 10.3. The molecule has 0 aromatic carbocycles. The van der Waals surface area contributed by atoms with Crippen molar-refractivity contribution in [3.8, 4) is 0 Å². The highest BCUT2D eigenvalue weighted by molar-refractivity contribution is 7.38. The average molecular weight is 271 g/mol. The van der Waals surface area contributed by atoms with Gasteiger partial charge < -0.3 is 0 Å². The van der Waals surface area contributed by atoms with Crippen LogP contribution in [0.5, 0.6) is 0 Å². The molecule has 2 aromatic heterocycles. The number of hydrogen-bond acceptors (Lipinski definition) is 4. The largest absolute Gasteiger partial charge is 0.288 e. The maximum absolute atomic E-state index is 11.1. The van der Waals surface area contributed by atoms with Crippen molar-refractivity contribution in [2.24, 2.45) is 0 Å². The average Bonchev–Trinajstić information content (AvgIpc) is 2.61. The van der Waals surface area contributed by atoms with Crippen molar-refractivity contribution >= 4 is 66.6 Å². The van der Waals surface area contributed by atoms with Gasteiger partial charge in [-0.05, 0) is 0 Å². The van der Waals surface area contributed by atoms with E-state index in [1.165, 1.54) is 22.7 Å². The van der Waals surface area contributed by atoms with E-state index in [0.29, 0.717) is 11.8 Å². The molecule has 13 heavy (non-hydrogen) atoms. The lowest BCUT2D eigenvalue weighted by molar-refractivity contribution is 1.58. The van der Waals surface area contributed by atoms with Gasteiger partial charge in [-0.2, -0.15) is 0 Å². The van der Waals surface area contributed by atoms with Gasteiger partial charge in [-0.25, -0.2) is 0 Å². The maximum atomic E-state index is 11.1. The predicted octanol–water partition coefficient (Wildman–Crippen LogP) is 3.86. The van der Waals surface area contributed by atoms with Gasteiger partial charge in [-0.3, -0.25) is 4.79 Å². The first-order valence-corrected chi connectivity index (χ1v) is 6.94. The van der Waals surface area contributed by atoms with Crippen LogP contribution in [0.2, 0.25) is 0 Å². The lowest BCUT2D eigenvalue weighted by atomic mass is 10.4. The Morgan fingerprint density at radius 1 is 0.923 bits per heavy atom. The van der Waals surface area contributed by atoms with E-state index in [1.54, 1.807) is 11.3 Å². The lowest BCUT2D eigenvalue weighted by Crippen LogP contribution is -1.75. The van der Waals surface area contributed by atoms with Gasteiger partial charge in [0.1, 0.15) is 0 Å². The Bertz CT molecular complexity index is 442. The van der Waals surface area contributed by atoms with Crippen LogP contribution in [-0.4, -0.2) is 0 Å². The smallest absolute Gasteiger partial charge is 0.265 e. The molecule has 0 saturated heterocycles. The van der Waals surface area contributed by atoms with E-state index in [-0.39, 0.29) is 4.06 Å². The van der Waals surface area contributed by atoms with E-state index in [9.17, 15) is 4.79 Å². The summed E-state index contributed by atoms with van der Waals surface area (Å²) in [4.78, 5) is 13.3. The first-order valence-electron chi connectivity index (χ1n) is 3.42. The SMILES string of the molecule is O=c1sc2c(CCl)sc(CCl)c2s1. The molecule has 0 aliphatic rings. The molecule has 0 unspecified atom stereocenters. The molecule has 2 rings (SSSR count). The van der Waals surface area contributed by atoms with E-state index in [1.807, 2.05) is 0 Å². The second-order valence-electron chi connectivity index (χ2n) is 2.33. The quantitative estimate of drug-likeness (QED) is 0.758. The summed E-state index contributed by atoms with van der Waals surface area (Å²) in [6, 6.07) is 0. The molecule has 0 N–H and O–H groups in total. The Hall–Kier alpha value is 0.390. The summed E-state index contributed by atoms with van der Waals surface area (Å²) in [5, 5.41) is 0. The molecule has 0 bridgehead atoms. The Labute approximate surface area is 96.5 Å². The van der Waals surface area contributed by atoms with E-state index < -0.39 is 0 Å². The van der Waals surface area contributed by atoms with Crippen LogP contribution in [0.25, 0.3) is 9.40 Å². The van der Waals surface area contributed by atoms with Crippen LogP contribution in [0, 0.1) is 0 Å². The van der Waals surface area contributed by atoms with Crippen LogP contribution in [0.3, 0.4) is 0 Å². The number of alkyl halides is 2. The Kier molecular flexibility index (Phi) is 2.95. The molecular weight excluding hydrogens is 267 g/mol. The highest BCUT2D eigenvalue weighted by Gasteiger charge is 2.13. The van der Waals surface area contributed by atoms with Crippen molar-refractivity contribution in [3.63, 3.8) is 0 Å². The van der Waals surface area contributed by atoms with Gasteiger partial charge in [-0.1, -0.05) is 22.7 Å². The third-order valence-corrected chi connectivity index (χ3v) is 6.14. The van der Waals surface area contributed by atoms with Crippen molar-refractivity contribution < 1.29 is 0 Å². The van der Waals surface area contributed by atoms with Crippen molar-refractivity contribution in [2.75, 3.05) is 0 Å². The molecule has 0 aliphatic heterocycles. The van der Waals surface area contributed by atoms with Gasteiger partial charge in [0.2, 0.25) is 0 Å². The zero-order valence-electron chi connectivity index (χ0n) is 6.30. The second kappa shape index (κ2) is 3.87. The summed E-state index contributed by atoms with van der Waals surface area (Å²) in [7, 11) is 0. The minimum Gasteiger partial charge on any atom is -0.265 e. The third-order valence-electron chi connectivity index (χ3n) is 1.57. The Morgan fingerprint density at radius 2 is 1.38 bits per heavy atom. The van der Waals surface area contributed by atoms with E-state index in [0.717, 1.165) is 19.2 Å². The minimum atomic E-state index is 0.121. The molecular formula is C7H4Cl2OS3. The summed E-state index contributed by atoms with van der Waals surface area (Å²) in [5.41, 5.74) is 0. The molecule has 0 aliphatic carbocycles. The third kappa shape index (κ3) is 1.66. The highest BCUT2D eigenvalue weighted by Crippen LogP contribution is 2.37. The molecule has 0 fully saturated rings. The number of halogens is 2. The monoisotopic (exact) mass is 270 g/mol. The molecule has 0 radical (unpaired) electrons. The molecule has 0 spiro atoms. The van der Waals surface area contributed by atoms with Crippen LogP contribution in [0.4, 0.5) is 0 Å². The molecule has 70 valence electrons. The van der Waals surface area contributed by atoms with Gasteiger partial charge in [0.25, 0.3) is 4.06 Å². The number of fused-ring (bicyclic) bond motifs is 1. The van der Waals surface area contributed by atoms with Crippen molar-refractivity contribution in [1.29, 1.82) is 0 Å². The molecule has 0 atom stereocenters. The summed E-state index contributed by atoms with van der Waals surface area (Å²) in [6.45, 7) is 0. The zero-order chi connectivity index (χ0) is 9.42. The van der Waals surface area contributed by atoms with E-state index >= 15 is 0 Å². The van der Waals surface area contributed by atoms with Crippen LogP contribution in [0.1, 0.15) is 9.75 Å². The van der Waals surface area contributed by atoms with Crippen LogP contribution >= 0.6 is 57.2 Å². The molecule has 6 heteroatoms. The summed E-state index contributed by atoms with van der Waals surface area (Å²) < 4.78 is 2.19. The first kappa shape index (κ1) is 9.93. The molecule has 0 saturated carbocycles. The molecule has 2 heterocycles. The van der Waals surface area contributed by atoms with E-state index in [2.05, 4.69) is 0 Å². The van der Waals surface area contributed by atoms with Crippen LogP contribution < -0.4 is 4.06 Å². The fourth-order valence-electron chi connectivity index (χ4n) is 1.06. The predicted molar refractivity (Wildman–Crippen MR) is 63.0 cm³/mol. The number of hydrogen-bond donors (Lipinski definition) is 0. The number of thiophene rings is 1. The van der Waals surface area contributed by atoms with Gasteiger partial charge >= 0.3 is 0 Å². The van der Waals surface area contributed by atoms with Crippen LogP contribution in [-0.2, 0) is 11.8 Å². The molecule has 2 aromatic rings. The number of rotatable bonds is 2. The maximum Gasteiger partial charge on any atom is 0.288 e. The van der Waals surface area contributed by atoms with Crippen molar-refractivity contribution in [3.05, 3.63) is 18.6 Å². The summed E-state index contributed by atoms with van der Waals surface area (Å²) in [5.74, 6) is 0.926. The lowest BCUT2D eigenvalue weighted by Gasteiger charge is -1.83. The topological polar surface area (TPSA) is 17.1 Å². The van der Waals surface area contributed by atoms with Gasteiger partial charge in [0.15, 0.2) is 0 Å². The van der Waals surface area contributed by atoms with Crippen molar-refractivity contribution in [1.82, 2.24) is 0 Å². The minimum absolute atomic E-state index is 0.121. The second-order valence-corrected chi connectivity index (χ2v) is 6.28. The fraction of sp³-hybridized carbons (Fsp3) is 0.286. The first-order chi connectivity index (χ1) is 6.26. The molecule has 0 amide bonds. The Balaban J connectivity index is 2.80. The normalized spacial score (nSPS) is 11.2. The van der Waals surface area contributed by atoms with Gasteiger partial charge in [-0.15, -0.1) is 34.5 Å².